The molecule has 6 rings (SSSR count). The molecule has 0 radical (unpaired) electrons. The van der Waals surface area contributed by atoms with Crippen LogP contribution in [0.2, 0.25) is 0 Å². The largest absolute Gasteiger partial charge is 0.465 e. The summed E-state index contributed by atoms with van der Waals surface area (Å²) in [6, 6.07) is 0. The zero-order chi connectivity index (χ0) is 23.3. The van der Waals surface area contributed by atoms with Gasteiger partial charge in [0.15, 0.2) is 5.78 Å². The van der Waals surface area contributed by atoms with Gasteiger partial charge in [0, 0.05) is 30.6 Å². The van der Waals surface area contributed by atoms with E-state index in [1.807, 2.05) is 6.92 Å². The summed E-state index contributed by atoms with van der Waals surface area (Å²) in [5.74, 6) is -3.96. The van der Waals surface area contributed by atoms with E-state index in [0.717, 1.165) is 12.8 Å². The Morgan fingerprint density at radius 1 is 1.22 bits per heavy atom. The van der Waals surface area contributed by atoms with Crippen LogP contribution in [0.3, 0.4) is 0 Å². The minimum Gasteiger partial charge on any atom is -0.465 e. The predicted molar refractivity (Wildman–Crippen MR) is 110 cm³/mol. The lowest BCUT2D eigenvalue weighted by Gasteiger charge is -2.74. The van der Waals surface area contributed by atoms with Crippen LogP contribution in [0, 0.1) is 34.0 Å². The number of rotatable bonds is 3. The molecule has 176 valence electrons. The van der Waals surface area contributed by atoms with Crippen molar-refractivity contribution in [2.45, 2.75) is 70.9 Å². The van der Waals surface area contributed by atoms with Gasteiger partial charge in [-0.2, -0.15) is 0 Å². The molecule has 2 saturated heterocycles. The normalized spacial score (nSPS) is 51.1. The maximum atomic E-state index is 13.6. The molecule has 8 heteroatoms. The zero-order valence-electron chi connectivity index (χ0n) is 18.9. The highest BCUT2D eigenvalue weighted by Crippen LogP contribution is 2.76. The summed E-state index contributed by atoms with van der Waals surface area (Å²) in [6.07, 6.45) is 1.04. The number of aliphatic hydroxyl groups is 2. The van der Waals surface area contributed by atoms with Gasteiger partial charge in [0.05, 0.1) is 12.0 Å². The molecule has 6 fully saturated rings. The van der Waals surface area contributed by atoms with E-state index in [1.54, 1.807) is 0 Å². The molecule has 0 aromatic carbocycles. The number of Topliss-reactive ketones (excluding diaryl/α,β-unsaturated/α-hetero) is 1. The first-order valence-electron chi connectivity index (χ1n) is 11.5. The van der Waals surface area contributed by atoms with Crippen LogP contribution in [-0.4, -0.2) is 59.1 Å². The Morgan fingerprint density at radius 2 is 1.94 bits per heavy atom. The SMILES string of the molecule is C=C1C(=O)[C@]23C[C@@H]1CC[C@H]2[C@]12CC[C@H](OC(C)=O)[C@@](C)(COC(C)=O)[C@H]1[C@H](O)[C@]3(O)OC2. The molecule has 0 unspecified atom stereocenters. The Hall–Kier alpha value is -1.77. The van der Waals surface area contributed by atoms with E-state index in [-0.39, 0.29) is 30.8 Å². The van der Waals surface area contributed by atoms with Crippen LogP contribution >= 0.6 is 0 Å². The van der Waals surface area contributed by atoms with Crippen molar-refractivity contribution >= 4 is 17.7 Å². The van der Waals surface area contributed by atoms with Crippen molar-refractivity contribution in [3.8, 4) is 0 Å². The van der Waals surface area contributed by atoms with Gasteiger partial charge < -0.3 is 24.4 Å². The van der Waals surface area contributed by atoms with Gasteiger partial charge in [0.1, 0.15) is 18.8 Å². The maximum absolute atomic E-state index is 13.6. The number of aliphatic hydroxyl groups excluding tert-OH is 1. The van der Waals surface area contributed by atoms with E-state index in [4.69, 9.17) is 14.2 Å². The van der Waals surface area contributed by atoms with Crippen LogP contribution in [0.4, 0.5) is 0 Å². The second kappa shape index (κ2) is 6.64. The van der Waals surface area contributed by atoms with Crippen molar-refractivity contribution in [3.63, 3.8) is 0 Å². The van der Waals surface area contributed by atoms with E-state index in [1.165, 1.54) is 13.8 Å². The minimum atomic E-state index is -2.06. The quantitative estimate of drug-likeness (QED) is 0.493. The van der Waals surface area contributed by atoms with Crippen molar-refractivity contribution < 1.29 is 38.8 Å². The molecule has 2 aliphatic heterocycles. The summed E-state index contributed by atoms with van der Waals surface area (Å²) in [7, 11) is 0. The average molecular weight is 449 g/mol. The summed E-state index contributed by atoms with van der Waals surface area (Å²) < 4.78 is 17.1. The van der Waals surface area contributed by atoms with Crippen molar-refractivity contribution in [2.24, 2.45) is 34.0 Å². The molecule has 6 aliphatic rings. The number of ketones is 1. The van der Waals surface area contributed by atoms with E-state index in [9.17, 15) is 24.6 Å². The topological polar surface area (TPSA) is 119 Å². The molecule has 0 aromatic heterocycles. The monoisotopic (exact) mass is 448 g/mol. The molecule has 0 amide bonds. The second-order valence-electron chi connectivity index (χ2n) is 10.9. The molecule has 4 aliphatic carbocycles. The lowest BCUT2D eigenvalue weighted by atomic mass is 9.36. The Bertz CT molecular complexity index is 914. The smallest absolute Gasteiger partial charge is 0.302 e. The highest BCUT2D eigenvalue weighted by molar-refractivity contribution is 6.04. The standard InChI is InChI=1S/C24H32O8/c1-12-15-5-6-16-22-8-7-17(32-14(3)26)21(4,10-30-13(2)25)18(22)20(28)24(29,31-11-22)23(16,9-15)19(12)27/h15-18,20,28-29H,1,5-11H2,2-4H3/t15-,16-,17-,18+,20-,21+,22+,23-,24-/m0/s1. The molecule has 9 atom stereocenters. The number of fused-ring (bicyclic) bond motifs is 2. The molecule has 8 nitrogen and oxygen atoms in total. The van der Waals surface area contributed by atoms with E-state index < -0.39 is 52.1 Å². The van der Waals surface area contributed by atoms with Crippen molar-refractivity contribution in [3.05, 3.63) is 12.2 Å². The van der Waals surface area contributed by atoms with Gasteiger partial charge in [0.2, 0.25) is 5.79 Å². The number of ether oxygens (including phenoxy) is 3. The minimum absolute atomic E-state index is 0.00223. The maximum Gasteiger partial charge on any atom is 0.302 e. The first-order chi connectivity index (χ1) is 14.9. The van der Waals surface area contributed by atoms with Gasteiger partial charge >= 0.3 is 11.9 Å². The molecule has 2 heterocycles. The van der Waals surface area contributed by atoms with Gasteiger partial charge in [-0.25, -0.2) is 0 Å². The second-order valence-corrected chi connectivity index (χ2v) is 10.9. The van der Waals surface area contributed by atoms with Gasteiger partial charge in [-0.15, -0.1) is 0 Å². The summed E-state index contributed by atoms with van der Waals surface area (Å²) in [6.45, 7) is 8.63. The molecule has 2 spiro atoms. The Labute approximate surface area is 187 Å². The van der Waals surface area contributed by atoms with Gasteiger partial charge in [-0.05, 0) is 49.5 Å². The fraction of sp³-hybridized carbons (Fsp3) is 0.792. The summed E-state index contributed by atoms with van der Waals surface area (Å²) in [4.78, 5) is 37.2. The van der Waals surface area contributed by atoms with Gasteiger partial charge in [0.25, 0.3) is 0 Å². The van der Waals surface area contributed by atoms with Crippen molar-refractivity contribution in [1.29, 1.82) is 0 Å². The van der Waals surface area contributed by atoms with Crippen molar-refractivity contribution in [1.82, 2.24) is 0 Å². The molecular weight excluding hydrogens is 416 g/mol. The van der Waals surface area contributed by atoms with Gasteiger partial charge in [-0.3, -0.25) is 14.4 Å². The molecule has 2 N–H and O–H groups in total. The molecule has 4 saturated carbocycles. The van der Waals surface area contributed by atoms with Crippen LogP contribution in [-0.2, 0) is 28.6 Å². The lowest BCUT2D eigenvalue weighted by Crippen LogP contribution is -2.83. The predicted octanol–water partition coefficient (Wildman–Crippen LogP) is 1.52. The van der Waals surface area contributed by atoms with Crippen LogP contribution in [0.1, 0.15) is 52.9 Å². The first kappa shape index (κ1) is 22.0. The fourth-order valence-electron chi connectivity index (χ4n) is 8.46. The van der Waals surface area contributed by atoms with E-state index in [2.05, 4.69) is 6.58 Å². The fourth-order valence-corrected chi connectivity index (χ4v) is 8.46. The highest BCUT2D eigenvalue weighted by Gasteiger charge is 2.84. The number of hydrogen-bond donors (Lipinski definition) is 2. The molecule has 4 bridgehead atoms. The Morgan fingerprint density at radius 3 is 2.59 bits per heavy atom. The Kier molecular flexibility index (Phi) is 4.57. The first-order valence-corrected chi connectivity index (χ1v) is 11.5. The molecule has 0 aromatic rings. The summed E-state index contributed by atoms with van der Waals surface area (Å²) in [5, 5.41) is 23.6. The number of allylic oxidation sites excluding steroid dienone is 1. The van der Waals surface area contributed by atoms with Crippen molar-refractivity contribution in [2.75, 3.05) is 13.2 Å². The lowest BCUT2D eigenvalue weighted by molar-refractivity contribution is -0.443. The van der Waals surface area contributed by atoms with E-state index >= 15 is 0 Å². The average Bonchev–Trinajstić information content (AvgIpc) is 2.92. The van der Waals surface area contributed by atoms with Crippen LogP contribution < -0.4 is 0 Å². The zero-order valence-corrected chi connectivity index (χ0v) is 18.9. The van der Waals surface area contributed by atoms with E-state index in [0.29, 0.717) is 24.8 Å². The highest BCUT2D eigenvalue weighted by atomic mass is 16.6. The third-order valence-electron chi connectivity index (χ3n) is 9.60. The number of carbonyl (C=O) groups excluding carboxylic acids is 3. The van der Waals surface area contributed by atoms with Gasteiger partial charge in [-0.1, -0.05) is 13.5 Å². The third-order valence-corrected chi connectivity index (χ3v) is 9.60. The molecule has 32 heavy (non-hydrogen) atoms. The summed E-state index contributed by atoms with van der Waals surface area (Å²) >= 11 is 0. The summed E-state index contributed by atoms with van der Waals surface area (Å²) in [5.41, 5.74) is -2.25. The molecular formula is C24H32O8. The Balaban J connectivity index is 1.66. The number of esters is 2. The van der Waals surface area contributed by atoms with Crippen LogP contribution in [0.25, 0.3) is 0 Å². The number of carbonyl (C=O) groups is 3. The van der Waals surface area contributed by atoms with Crippen LogP contribution in [0.15, 0.2) is 12.2 Å². The third kappa shape index (κ3) is 2.36. The number of hydrogen-bond acceptors (Lipinski definition) is 8. The van der Waals surface area contributed by atoms with Crippen LogP contribution in [0.5, 0.6) is 0 Å².